The number of carbonyl (C=O) groups is 3. The number of fused-ring (bicyclic) bond motifs is 4. The highest BCUT2D eigenvalue weighted by Crippen LogP contribution is 2.41. The van der Waals surface area contributed by atoms with E-state index in [2.05, 4.69) is 29.8 Å². The Kier molecular flexibility index (Phi) is 10.3. The summed E-state index contributed by atoms with van der Waals surface area (Å²) in [5.74, 6) is -0.886. The number of Topliss-reactive ketones (excluding diaryl/α,β-unsaturated/α-hetero) is 1. The van der Waals surface area contributed by atoms with E-state index in [4.69, 9.17) is 9.72 Å². The quantitative estimate of drug-likeness (QED) is 0.0779. The lowest BCUT2D eigenvalue weighted by Gasteiger charge is -2.32. The molecule has 48 heavy (non-hydrogen) atoms. The van der Waals surface area contributed by atoms with Gasteiger partial charge in [0.1, 0.15) is 0 Å². The summed E-state index contributed by atoms with van der Waals surface area (Å²) in [4.78, 5) is 56.9. The van der Waals surface area contributed by atoms with E-state index in [-0.39, 0.29) is 23.8 Å². The summed E-state index contributed by atoms with van der Waals surface area (Å²) in [7, 11) is -1.67. The molecule has 10 heteroatoms. The van der Waals surface area contributed by atoms with Gasteiger partial charge in [-0.25, -0.2) is 9.78 Å². The van der Waals surface area contributed by atoms with Gasteiger partial charge in [-0.15, -0.1) is 0 Å². The molecule has 0 bridgehead atoms. The molecule has 0 saturated heterocycles. The number of carbonyl (C=O) groups excluding carboxylic acids is 3. The molecule has 1 aliphatic heterocycles. The zero-order chi connectivity index (χ0) is 34.6. The van der Waals surface area contributed by atoms with E-state index in [0.717, 1.165) is 52.8 Å². The summed E-state index contributed by atoms with van der Waals surface area (Å²) in [5, 5.41) is 6.93. The standard InChI is InChI=1S/C38H46N4O5Si/c1-7-28-32(38(8-2,25(3)43)47-26(4)44)23-34-35-31(24-42(34)36(28)45)29(30-17-12-13-18-33(30)41-35)19-22-48(5,6)21-14-20-39-37(46)40-27-15-10-9-11-16-27/h9-13,15-18,23H,7-8,14,19-22,24H2,1-6H3,(H2,39,40,46)/t38-/m1/s1. The van der Waals surface area contributed by atoms with E-state index in [1.54, 1.807) is 11.5 Å². The number of aromatic nitrogens is 2. The van der Waals surface area contributed by atoms with Gasteiger partial charge in [0, 0.05) is 49.3 Å². The van der Waals surface area contributed by atoms with Crippen molar-refractivity contribution in [2.24, 2.45) is 0 Å². The van der Waals surface area contributed by atoms with Crippen LogP contribution >= 0.6 is 0 Å². The maximum Gasteiger partial charge on any atom is 0.319 e. The van der Waals surface area contributed by atoms with Crippen LogP contribution in [0.2, 0.25) is 25.2 Å². The molecule has 2 aromatic heterocycles. The first-order chi connectivity index (χ1) is 22.9. The number of urea groups is 1. The number of anilines is 1. The van der Waals surface area contributed by atoms with E-state index in [1.165, 1.54) is 19.4 Å². The number of amides is 2. The van der Waals surface area contributed by atoms with E-state index in [0.29, 0.717) is 36.3 Å². The molecule has 9 nitrogen and oxygen atoms in total. The second kappa shape index (κ2) is 14.3. The molecule has 4 aromatic rings. The predicted octanol–water partition coefficient (Wildman–Crippen LogP) is 7.21. The molecule has 0 spiro atoms. The van der Waals surface area contributed by atoms with E-state index < -0.39 is 19.6 Å². The highest BCUT2D eigenvalue weighted by atomic mass is 28.3. The van der Waals surface area contributed by atoms with Crippen molar-refractivity contribution in [3.8, 4) is 11.4 Å². The minimum atomic E-state index is -1.67. The fourth-order valence-electron chi connectivity index (χ4n) is 7.02. The monoisotopic (exact) mass is 666 g/mol. The van der Waals surface area contributed by atoms with Gasteiger partial charge in [0.05, 0.1) is 23.4 Å². The number of hydrogen-bond donors (Lipinski definition) is 2. The van der Waals surface area contributed by atoms with Gasteiger partial charge in [-0.05, 0) is 62.4 Å². The van der Waals surface area contributed by atoms with Crippen LogP contribution in [0.4, 0.5) is 10.5 Å². The van der Waals surface area contributed by atoms with E-state index >= 15 is 0 Å². The first-order valence-electron chi connectivity index (χ1n) is 16.9. The summed E-state index contributed by atoms with van der Waals surface area (Å²) in [6.07, 6.45) is 2.36. The number of benzene rings is 2. The number of aryl methyl sites for hydroxylation is 1. The number of ketones is 1. The predicted molar refractivity (Wildman–Crippen MR) is 193 cm³/mol. The Morgan fingerprint density at radius 3 is 2.35 bits per heavy atom. The van der Waals surface area contributed by atoms with Gasteiger partial charge < -0.3 is 19.9 Å². The van der Waals surface area contributed by atoms with Crippen molar-refractivity contribution in [3.63, 3.8) is 0 Å². The van der Waals surface area contributed by atoms with E-state index in [1.807, 2.05) is 61.5 Å². The normalized spacial score (nSPS) is 13.4. The molecule has 3 heterocycles. The number of para-hydroxylation sites is 2. The Hall–Kier alpha value is -4.57. The molecule has 2 aromatic carbocycles. The SMILES string of the molecule is CCc1c([C@](CC)(OC(C)=O)C(C)=O)cc2n(c1=O)Cc1c-2nc2ccccc2c1CC[Si](C)(C)CCCNC(=O)Nc1ccccc1. The zero-order valence-electron chi connectivity index (χ0n) is 28.9. The number of esters is 1. The maximum absolute atomic E-state index is 14.1. The fraction of sp³-hybridized carbons (Fsp3) is 0.395. The van der Waals surface area contributed by atoms with Crippen LogP contribution in [0.15, 0.2) is 65.5 Å². The van der Waals surface area contributed by atoms with Crippen LogP contribution in [-0.4, -0.2) is 42.0 Å². The number of pyridine rings is 2. The van der Waals surface area contributed by atoms with Gasteiger partial charge in [-0.2, -0.15) is 0 Å². The summed E-state index contributed by atoms with van der Waals surface area (Å²) in [5.41, 5.74) is 4.47. The molecule has 0 saturated carbocycles. The van der Waals surface area contributed by atoms with Gasteiger partial charge in [0.25, 0.3) is 5.56 Å². The summed E-state index contributed by atoms with van der Waals surface area (Å²) >= 11 is 0. The molecule has 1 aliphatic rings. The zero-order valence-corrected chi connectivity index (χ0v) is 29.9. The molecular formula is C38H46N4O5Si. The van der Waals surface area contributed by atoms with Crippen LogP contribution in [0.3, 0.4) is 0 Å². The van der Waals surface area contributed by atoms with Crippen LogP contribution in [0.5, 0.6) is 0 Å². The number of hydrogen-bond acceptors (Lipinski definition) is 6. The first kappa shape index (κ1) is 34.8. The fourth-order valence-corrected chi connectivity index (χ4v) is 9.33. The largest absolute Gasteiger partial charge is 0.446 e. The molecule has 0 unspecified atom stereocenters. The lowest BCUT2D eigenvalue weighted by atomic mass is 9.83. The molecule has 5 rings (SSSR count). The molecule has 0 radical (unpaired) electrons. The Morgan fingerprint density at radius 2 is 1.69 bits per heavy atom. The Balaban J connectivity index is 1.42. The Bertz CT molecular complexity index is 1920. The first-order valence-corrected chi connectivity index (χ1v) is 20.3. The van der Waals surface area contributed by atoms with Gasteiger partial charge in [-0.3, -0.25) is 14.4 Å². The average molecular weight is 667 g/mol. The van der Waals surface area contributed by atoms with Crippen LogP contribution in [0.25, 0.3) is 22.3 Å². The topological polar surface area (TPSA) is 119 Å². The van der Waals surface area contributed by atoms with Gasteiger partial charge in [-0.1, -0.05) is 75.4 Å². The average Bonchev–Trinajstić information content (AvgIpc) is 3.42. The van der Waals surface area contributed by atoms with Gasteiger partial charge >= 0.3 is 12.0 Å². The molecule has 252 valence electrons. The van der Waals surface area contributed by atoms with Gasteiger partial charge in [0.2, 0.25) is 0 Å². The second-order valence-electron chi connectivity index (χ2n) is 13.4. The number of nitrogens with zero attached hydrogens (tertiary/aromatic N) is 2. The smallest absolute Gasteiger partial charge is 0.319 e. The molecule has 0 fully saturated rings. The third-order valence-corrected chi connectivity index (χ3v) is 13.0. The van der Waals surface area contributed by atoms with Crippen molar-refractivity contribution >= 4 is 42.4 Å². The van der Waals surface area contributed by atoms with Crippen LogP contribution in [0, 0.1) is 0 Å². The van der Waals surface area contributed by atoms with Crippen molar-refractivity contribution in [2.45, 2.75) is 90.7 Å². The summed E-state index contributed by atoms with van der Waals surface area (Å²) in [6.45, 7) is 12.2. The maximum atomic E-state index is 14.1. The van der Waals surface area contributed by atoms with Crippen molar-refractivity contribution in [3.05, 3.63) is 93.3 Å². The number of nitrogens with one attached hydrogen (secondary N) is 2. The van der Waals surface area contributed by atoms with Crippen molar-refractivity contribution < 1.29 is 19.1 Å². The molecular weight excluding hydrogens is 621 g/mol. The van der Waals surface area contributed by atoms with Crippen LogP contribution in [-0.2, 0) is 39.3 Å². The second-order valence-corrected chi connectivity index (χ2v) is 18.8. The van der Waals surface area contributed by atoms with Crippen LogP contribution in [0.1, 0.15) is 62.8 Å². The van der Waals surface area contributed by atoms with Crippen LogP contribution < -0.4 is 16.2 Å². The molecule has 2 N–H and O–H groups in total. The van der Waals surface area contributed by atoms with Crippen molar-refractivity contribution in [1.29, 1.82) is 0 Å². The van der Waals surface area contributed by atoms with Crippen molar-refractivity contribution in [1.82, 2.24) is 14.9 Å². The number of rotatable bonds is 13. The molecule has 0 aliphatic carbocycles. The summed E-state index contributed by atoms with van der Waals surface area (Å²) < 4.78 is 7.52. The third kappa shape index (κ3) is 6.99. The van der Waals surface area contributed by atoms with Gasteiger partial charge in [0.15, 0.2) is 11.4 Å². The number of ether oxygens (including phenoxy) is 1. The van der Waals surface area contributed by atoms with E-state index in [9.17, 15) is 19.2 Å². The minimum Gasteiger partial charge on any atom is -0.446 e. The minimum absolute atomic E-state index is 0.178. The Morgan fingerprint density at radius 1 is 0.979 bits per heavy atom. The summed E-state index contributed by atoms with van der Waals surface area (Å²) in [6, 6.07) is 21.3. The Labute approximate surface area is 283 Å². The van der Waals surface area contributed by atoms with Crippen molar-refractivity contribution in [2.75, 3.05) is 11.9 Å². The molecule has 2 amide bonds. The lowest BCUT2D eigenvalue weighted by molar-refractivity contribution is -0.166. The molecule has 1 atom stereocenters. The lowest BCUT2D eigenvalue weighted by Crippen LogP contribution is -2.41. The third-order valence-electron chi connectivity index (χ3n) is 9.64. The highest BCUT2D eigenvalue weighted by Gasteiger charge is 2.43. The highest BCUT2D eigenvalue weighted by molar-refractivity contribution is 6.77.